The van der Waals surface area contributed by atoms with Gasteiger partial charge in [0.15, 0.2) is 5.78 Å². The molecule has 0 radical (unpaired) electrons. The fourth-order valence-corrected chi connectivity index (χ4v) is 1.35. The van der Waals surface area contributed by atoms with Crippen LogP contribution in [0.25, 0.3) is 0 Å². The second-order valence-electron chi connectivity index (χ2n) is 3.06. The Morgan fingerprint density at radius 2 is 2.07 bits per heavy atom. The lowest BCUT2D eigenvalue weighted by atomic mass is 10.1. The van der Waals surface area contributed by atoms with Gasteiger partial charge in [0.2, 0.25) is 0 Å². The maximum absolute atomic E-state index is 11.4. The average molecular weight is 230 g/mol. The van der Waals surface area contributed by atoms with Gasteiger partial charge in [-0.15, -0.1) is 0 Å². The second-order valence-corrected chi connectivity index (χ2v) is 4.05. The van der Waals surface area contributed by atoms with Crippen molar-refractivity contribution in [2.45, 2.75) is 26.7 Å². The van der Waals surface area contributed by atoms with E-state index in [-0.39, 0.29) is 18.2 Å². The van der Waals surface area contributed by atoms with Crippen LogP contribution in [0.2, 0.25) is 0 Å². The van der Waals surface area contributed by atoms with Crippen LogP contribution < -0.4 is 0 Å². The van der Waals surface area contributed by atoms with Gasteiger partial charge in [0, 0.05) is 12.2 Å². The third-order valence-electron chi connectivity index (χ3n) is 1.85. The number of Topliss-reactive ketones (excluding diaryl/α,β-unsaturated/α-hetero) is 1. The minimum absolute atomic E-state index is 0.105. The highest BCUT2D eigenvalue weighted by Crippen LogP contribution is 2.05. The minimum Gasteiger partial charge on any atom is -0.466 e. The summed E-state index contributed by atoms with van der Waals surface area (Å²) in [6.07, 6.45) is 4.32. The zero-order valence-electron chi connectivity index (χ0n) is 9.54. The lowest BCUT2D eigenvalue weighted by Crippen LogP contribution is -2.05. The van der Waals surface area contributed by atoms with Gasteiger partial charge in [0.05, 0.1) is 13.0 Å². The molecule has 0 rings (SSSR count). The number of allylic oxidation sites excluding steroid dienone is 1. The molecule has 0 bridgehead atoms. The van der Waals surface area contributed by atoms with Crippen LogP contribution in [0.15, 0.2) is 11.6 Å². The minimum atomic E-state index is -0.283. The first-order valence-corrected chi connectivity index (χ1v) is 6.35. The van der Waals surface area contributed by atoms with Gasteiger partial charge in [0.25, 0.3) is 0 Å². The monoisotopic (exact) mass is 230 g/mol. The molecule has 0 saturated heterocycles. The van der Waals surface area contributed by atoms with E-state index in [1.165, 1.54) is 0 Å². The summed E-state index contributed by atoms with van der Waals surface area (Å²) < 4.78 is 4.75. The fraction of sp³-hybridized carbons (Fsp3) is 0.636. The molecule has 0 aliphatic heterocycles. The van der Waals surface area contributed by atoms with Crippen LogP contribution in [0.5, 0.6) is 0 Å². The molecule has 0 atom stereocenters. The van der Waals surface area contributed by atoms with Crippen molar-refractivity contribution in [1.82, 2.24) is 0 Å². The molecule has 0 N–H and O–H groups in total. The predicted octanol–water partition coefficient (Wildman–Crippen LogP) is 2.21. The molecule has 15 heavy (non-hydrogen) atoms. The number of carbonyl (C=O) groups is 2. The van der Waals surface area contributed by atoms with E-state index >= 15 is 0 Å². The Bertz CT molecular complexity index is 246. The molecule has 4 heteroatoms. The first-order chi connectivity index (χ1) is 7.11. The Morgan fingerprint density at radius 3 is 2.60 bits per heavy atom. The van der Waals surface area contributed by atoms with Crippen molar-refractivity contribution >= 4 is 23.5 Å². The van der Waals surface area contributed by atoms with Gasteiger partial charge < -0.3 is 4.74 Å². The first kappa shape index (κ1) is 14.2. The average Bonchev–Trinajstić information content (AvgIpc) is 2.22. The molecule has 0 aliphatic rings. The van der Waals surface area contributed by atoms with Crippen LogP contribution in [0.4, 0.5) is 0 Å². The summed E-state index contributed by atoms with van der Waals surface area (Å²) in [5.41, 5.74) is 0.650. The Labute approximate surface area is 95.3 Å². The summed E-state index contributed by atoms with van der Waals surface area (Å²) >= 11 is 1.64. The molecule has 0 spiro atoms. The van der Waals surface area contributed by atoms with E-state index < -0.39 is 0 Å². The number of ether oxygens (including phenoxy) is 1. The summed E-state index contributed by atoms with van der Waals surface area (Å²) in [7, 11) is 0. The molecule has 0 aliphatic carbocycles. The SMILES string of the molecule is CCOC(=O)C/C=C(\C)C(=O)CCSC. The van der Waals surface area contributed by atoms with Gasteiger partial charge in [-0.3, -0.25) is 9.59 Å². The predicted molar refractivity (Wildman–Crippen MR) is 63.0 cm³/mol. The Kier molecular flexibility index (Phi) is 8.09. The van der Waals surface area contributed by atoms with Crippen molar-refractivity contribution in [2.75, 3.05) is 18.6 Å². The summed E-state index contributed by atoms with van der Waals surface area (Å²) in [6, 6.07) is 0. The van der Waals surface area contributed by atoms with E-state index in [0.29, 0.717) is 18.6 Å². The fourth-order valence-electron chi connectivity index (χ4n) is 0.962. The lowest BCUT2D eigenvalue weighted by Gasteiger charge is -2.00. The lowest BCUT2D eigenvalue weighted by molar-refractivity contribution is -0.142. The van der Waals surface area contributed by atoms with Gasteiger partial charge in [-0.25, -0.2) is 0 Å². The Morgan fingerprint density at radius 1 is 1.40 bits per heavy atom. The summed E-state index contributed by atoms with van der Waals surface area (Å²) in [4.78, 5) is 22.4. The van der Waals surface area contributed by atoms with Gasteiger partial charge in [-0.1, -0.05) is 6.08 Å². The molecular formula is C11H18O3S. The molecule has 0 aromatic heterocycles. The largest absolute Gasteiger partial charge is 0.466 e. The van der Waals surface area contributed by atoms with E-state index in [1.54, 1.807) is 31.7 Å². The maximum atomic E-state index is 11.4. The van der Waals surface area contributed by atoms with Crippen molar-refractivity contribution in [2.24, 2.45) is 0 Å². The highest BCUT2D eigenvalue weighted by atomic mass is 32.2. The number of hydrogen-bond donors (Lipinski definition) is 0. The summed E-state index contributed by atoms with van der Waals surface area (Å²) in [5, 5.41) is 0. The van der Waals surface area contributed by atoms with Crippen molar-refractivity contribution in [3.05, 3.63) is 11.6 Å². The second kappa shape index (κ2) is 8.53. The van der Waals surface area contributed by atoms with Gasteiger partial charge in [-0.05, 0) is 25.7 Å². The molecule has 0 amide bonds. The standard InChI is InChI=1S/C11H18O3S/c1-4-14-11(13)6-5-9(2)10(12)7-8-15-3/h5H,4,6-8H2,1-3H3/b9-5+. The van der Waals surface area contributed by atoms with Crippen LogP contribution >= 0.6 is 11.8 Å². The molecule has 0 aromatic carbocycles. The van der Waals surface area contributed by atoms with E-state index in [4.69, 9.17) is 4.74 Å². The molecule has 3 nitrogen and oxygen atoms in total. The summed E-state index contributed by atoms with van der Waals surface area (Å²) in [6.45, 7) is 3.88. The normalized spacial score (nSPS) is 11.3. The Balaban J connectivity index is 3.96. The molecule has 0 aromatic rings. The molecular weight excluding hydrogens is 212 g/mol. The van der Waals surface area contributed by atoms with Crippen LogP contribution in [-0.4, -0.2) is 30.4 Å². The van der Waals surface area contributed by atoms with Crippen molar-refractivity contribution in [3.8, 4) is 0 Å². The highest BCUT2D eigenvalue weighted by molar-refractivity contribution is 7.98. The van der Waals surface area contributed by atoms with Gasteiger partial charge >= 0.3 is 5.97 Å². The number of rotatable bonds is 7. The molecule has 0 unspecified atom stereocenters. The van der Waals surface area contributed by atoms with Crippen LogP contribution in [0.3, 0.4) is 0 Å². The van der Waals surface area contributed by atoms with Gasteiger partial charge in [0.1, 0.15) is 0 Å². The topological polar surface area (TPSA) is 43.4 Å². The molecule has 86 valence electrons. The van der Waals surface area contributed by atoms with E-state index in [2.05, 4.69) is 0 Å². The van der Waals surface area contributed by atoms with E-state index in [1.807, 2.05) is 6.26 Å². The van der Waals surface area contributed by atoms with Crippen molar-refractivity contribution in [3.63, 3.8) is 0 Å². The highest BCUT2D eigenvalue weighted by Gasteiger charge is 2.05. The first-order valence-electron chi connectivity index (χ1n) is 4.96. The number of esters is 1. The zero-order chi connectivity index (χ0) is 11.7. The quantitative estimate of drug-likeness (QED) is 0.497. The maximum Gasteiger partial charge on any atom is 0.309 e. The number of hydrogen-bond acceptors (Lipinski definition) is 4. The Hall–Kier alpha value is -0.770. The zero-order valence-corrected chi connectivity index (χ0v) is 10.4. The van der Waals surface area contributed by atoms with E-state index in [9.17, 15) is 9.59 Å². The van der Waals surface area contributed by atoms with Gasteiger partial charge in [-0.2, -0.15) is 11.8 Å². The number of thioether (sulfide) groups is 1. The van der Waals surface area contributed by atoms with Crippen LogP contribution in [-0.2, 0) is 14.3 Å². The third kappa shape index (κ3) is 7.19. The summed E-state index contributed by atoms with van der Waals surface area (Å²) in [5.74, 6) is 0.645. The van der Waals surface area contributed by atoms with Crippen molar-refractivity contribution < 1.29 is 14.3 Å². The van der Waals surface area contributed by atoms with Crippen molar-refractivity contribution in [1.29, 1.82) is 0 Å². The molecule has 0 heterocycles. The molecule has 0 saturated carbocycles. The van der Waals surface area contributed by atoms with Crippen LogP contribution in [0, 0.1) is 0 Å². The van der Waals surface area contributed by atoms with E-state index in [0.717, 1.165) is 5.75 Å². The third-order valence-corrected chi connectivity index (χ3v) is 2.47. The number of ketones is 1. The smallest absolute Gasteiger partial charge is 0.309 e. The molecule has 0 fully saturated rings. The number of carbonyl (C=O) groups excluding carboxylic acids is 2. The van der Waals surface area contributed by atoms with Crippen LogP contribution in [0.1, 0.15) is 26.7 Å².